The third-order valence-corrected chi connectivity index (χ3v) is 5.67. The van der Waals surface area contributed by atoms with Gasteiger partial charge in [0.05, 0.1) is 22.8 Å². The van der Waals surface area contributed by atoms with E-state index in [2.05, 4.69) is 15.6 Å². The number of amides is 1. The van der Waals surface area contributed by atoms with Crippen molar-refractivity contribution in [1.82, 2.24) is 10.3 Å². The van der Waals surface area contributed by atoms with E-state index >= 15 is 0 Å². The highest BCUT2D eigenvalue weighted by molar-refractivity contribution is 7.92. The minimum absolute atomic E-state index is 0.0449. The van der Waals surface area contributed by atoms with Crippen molar-refractivity contribution in [3.05, 3.63) is 23.6 Å². The number of rotatable bonds is 5. The molecule has 0 saturated carbocycles. The Bertz CT molecular complexity index is 634. The summed E-state index contributed by atoms with van der Waals surface area (Å²) in [5.41, 5.74) is 0.0762. The van der Waals surface area contributed by atoms with E-state index in [1.165, 1.54) is 0 Å². The highest BCUT2D eigenvalue weighted by Crippen LogP contribution is 2.19. The van der Waals surface area contributed by atoms with E-state index in [1.54, 1.807) is 0 Å². The first-order valence-corrected chi connectivity index (χ1v) is 8.54. The molecule has 21 heavy (non-hydrogen) atoms. The zero-order valence-electron chi connectivity index (χ0n) is 11.7. The van der Waals surface area contributed by atoms with Crippen LogP contribution in [-0.2, 0) is 9.84 Å². The van der Waals surface area contributed by atoms with Crippen molar-refractivity contribution in [2.45, 2.75) is 25.0 Å². The van der Waals surface area contributed by atoms with Gasteiger partial charge in [-0.15, -0.1) is 0 Å². The number of hydrogen-bond donors (Lipinski definition) is 2. The summed E-state index contributed by atoms with van der Waals surface area (Å²) in [7, 11) is -3.11. The smallest absolute Gasteiger partial charge is 0.255 e. The zero-order valence-corrected chi connectivity index (χ0v) is 12.5. The van der Waals surface area contributed by atoms with Crippen LogP contribution in [0.1, 0.15) is 30.1 Å². The molecule has 1 aromatic heterocycles. The van der Waals surface area contributed by atoms with Crippen LogP contribution in [0.2, 0.25) is 0 Å². The van der Waals surface area contributed by atoms with Crippen molar-refractivity contribution in [2.75, 3.05) is 24.2 Å². The second kappa shape index (κ2) is 6.38. The summed E-state index contributed by atoms with van der Waals surface area (Å²) < 4.78 is 36.6. The van der Waals surface area contributed by atoms with E-state index in [9.17, 15) is 17.6 Å². The largest absolute Gasteiger partial charge is 0.370 e. The maximum absolute atomic E-state index is 13.2. The van der Waals surface area contributed by atoms with E-state index in [0.29, 0.717) is 19.4 Å². The Hall–Kier alpha value is -1.70. The van der Waals surface area contributed by atoms with Gasteiger partial charge in [-0.05, 0) is 25.8 Å². The molecule has 0 aromatic carbocycles. The summed E-state index contributed by atoms with van der Waals surface area (Å²) in [4.78, 5) is 15.9. The zero-order chi connectivity index (χ0) is 15.5. The molecule has 1 fully saturated rings. The average Bonchev–Trinajstić information content (AvgIpc) is 2.77. The molecule has 2 N–H and O–H groups in total. The minimum atomic E-state index is -3.11. The van der Waals surface area contributed by atoms with Crippen LogP contribution in [0, 0.1) is 5.82 Å². The summed E-state index contributed by atoms with van der Waals surface area (Å²) >= 11 is 0. The van der Waals surface area contributed by atoms with E-state index in [4.69, 9.17) is 0 Å². The number of halogens is 1. The molecule has 8 heteroatoms. The fraction of sp³-hybridized carbons (Fsp3) is 0.538. The van der Waals surface area contributed by atoms with Gasteiger partial charge in [0, 0.05) is 13.1 Å². The third kappa shape index (κ3) is 3.69. The Labute approximate surface area is 123 Å². The molecule has 1 unspecified atom stereocenters. The van der Waals surface area contributed by atoms with E-state index < -0.39 is 26.8 Å². The molecular formula is C13H18FN3O3S. The van der Waals surface area contributed by atoms with Gasteiger partial charge in [0.2, 0.25) is 0 Å². The summed E-state index contributed by atoms with van der Waals surface area (Å²) in [6.07, 6.45) is 2.19. The Morgan fingerprint density at radius 1 is 1.52 bits per heavy atom. The lowest BCUT2D eigenvalue weighted by Crippen LogP contribution is -2.35. The Morgan fingerprint density at radius 3 is 2.90 bits per heavy atom. The predicted molar refractivity (Wildman–Crippen MR) is 77.5 cm³/mol. The van der Waals surface area contributed by atoms with Crippen LogP contribution in [0.15, 0.2) is 12.3 Å². The van der Waals surface area contributed by atoms with Crippen LogP contribution in [0.3, 0.4) is 0 Å². The van der Waals surface area contributed by atoms with Crippen molar-refractivity contribution >= 4 is 21.6 Å². The van der Waals surface area contributed by atoms with Gasteiger partial charge in [0.1, 0.15) is 11.6 Å². The number of anilines is 1. The number of carbonyl (C=O) groups excluding carboxylic acids is 1. The molecule has 0 bridgehead atoms. The van der Waals surface area contributed by atoms with Crippen molar-refractivity contribution < 1.29 is 17.6 Å². The van der Waals surface area contributed by atoms with Crippen LogP contribution in [0.5, 0.6) is 0 Å². The van der Waals surface area contributed by atoms with Gasteiger partial charge in [0.15, 0.2) is 9.84 Å². The lowest BCUT2D eigenvalue weighted by molar-refractivity contribution is 0.0953. The Kier molecular flexibility index (Phi) is 4.76. The molecule has 116 valence electrons. The molecule has 1 atom stereocenters. The molecule has 0 radical (unpaired) electrons. The van der Waals surface area contributed by atoms with Gasteiger partial charge >= 0.3 is 0 Å². The molecule has 1 saturated heterocycles. The number of nitrogens with zero attached hydrogens (tertiary/aromatic N) is 1. The molecular weight excluding hydrogens is 297 g/mol. The summed E-state index contributed by atoms with van der Waals surface area (Å²) in [6.45, 7) is 2.41. The number of aromatic nitrogens is 1. The molecule has 2 rings (SSSR count). The molecule has 1 aliphatic rings. The van der Waals surface area contributed by atoms with Crippen LogP contribution in [-0.4, -0.2) is 43.4 Å². The summed E-state index contributed by atoms with van der Waals surface area (Å²) in [5, 5.41) is 4.88. The Morgan fingerprint density at radius 2 is 2.29 bits per heavy atom. The van der Waals surface area contributed by atoms with Crippen molar-refractivity contribution in [3.63, 3.8) is 0 Å². The molecule has 6 nitrogen and oxygen atoms in total. The normalized spacial score (nSPS) is 20.2. The topological polar surface area (TPSA) is 88.2 Å². The minimum Gasteiger partial charge on any atom is -0.370 e. The second-order valence-electron chi connectivity index (χ2n) is 4.92. The molecule has 0 aliphatic carbocycles. The first-order chi connectivity index (χ1) is 9.94. The highest BCUT2D eigenvalue weighted by Gasteiger charge is 2.31. The van der Waals surface area contributed by atoms with E-state index in [0.717, 1.165) is 12.3 Å². The second-order valence-corrected chi connectivity index (χ2v) is 7.32. The van der Waals surface area contributed by atoms with Crippen LogP contribution < -0.4 is 10.6 Å². The van der Waals surface area contributed by atoms with Gasteiger partial charge in [-0.3, -0.25) is 4.79 Å². The van der Waals surface area contributed by atoms with Crippen LogP contribution in [0.4, 0.5) is 10.2 Å². The van der Waals surface area contributed by atoms with E-state index in [1.807, 2.05) is 6.92 Å². The third-order valence-electron chi connectivity index (χ3n) is 3.40. The fourth-order valence-corrected chi connectivity index (χ4v) is 4.08. The molecule has 1 aromatic rings. The predicted octanol–water partition coefficient (Wildman–Crippen LogP) is 0.959. The van der Waals surface area contributed by atoms with Crippen LogP contribution >= 0.6 is 0 Å². The first kappa shape index (κ1) is 15.7. The SMILES string of the molecule is CCNc1ncc(F)cc1C(=O)NCC1CCCS1(=O)=O. The standard InChI is InChI=1S/C13H18FN3O3S/c1-2-15-12-11(6-9(14)7-16-12)13(18)17-8-10-4-3-5-21(10,19)20/h6-7,10H,2-5,8H2,1H3,(H,15,16)(H,17,18). The van der Waals surface area contributed by atoms with Gasteiger partial charge < -0.3 is 10.6 Å². The maximum atomic E-state index is 13.2. The van der Waals surface area contributed by atoms with E-state index in [-0.39, 0.29) is 23.7 Å². The lowest BCUT2D eigenvalue weighted by Gasteiger charge is -2.13. The number of sulfone groups is 1. The number of hydrogen-bond acceptors (Lipinski definition) is 5. The van der Waals surface area contributed by atoms with Crippen LogP contribution in [0.25, 0.3) is 0 Å². The number of carbonyl (C=O) groups is 1. The quantitative estimate of drug-likeness (QED) is 0.845. The number of nitrogens with one attached hydrogen (secondary N) is 2. The maximum Gasteiger partial charge on any atom is 0.255 e. The first-order valence-electron chi connectivity index (χ1n) is 6.83. The highest BCUT2D eigenvalue weighted by atomic mass is 32.2. The molecule has 0 spiro atoms. The lowest BCUT2D eigenvalue weighted by atomic mass is 10.2. The monoisotopic (exact) mass is 315 g/mol. The van der Waals surface area contributed by atoms with Gasteiger partial charge in [-0.1, -0.05) is 0 Å². The molecule has 2 heterocycles. The Balaban J connectivity index is 2.08. The van der Waals surface area contributed by atoms with Gasteiger partial charge in [-0.2, -0.15) is 0 Å². The van der Waals surface area contributed by atoms with Crippen molar-refractivity contribution in [1.29, 1.82) is 0 Å². The fourth-order valence-electron chi connectivity index (χ4n) is 2.31. The summed E-state index contributed by atoms with van der Waals surface area (Å²) in [5.74, 6) is -0.696. The molecule has 1 amide bonds. The average molecular weight is 315 g/mol. The summed E-state index contributed by atoms with van der Waals surface area (Å²) in [6, 6.07) is 1.09. The van der Waals surface area contributed by atoms with Crippen molar-refractivity contribution in [3.8, 4) is 0 Å². The molecule has 1 aliphatic heterocycles. The number of pyridine rings is 1. The van der Waals surface area contributed by atoms with Gasteiger partial charge in [-0.25, -0.2) is 17.8 Å². The van der Waals surface area contributed by atoms with Gasteiger partial charge in [0.25, 0.3) is 5.91 Å². The van der Waals surface area contributed by atoms with Crippen molar-refractivity contribution in [2.24, 2.45) is 0 Å².